The lowest BCUT2D eigenvalue weighted by Gasteiger charge is -2.15. The molecule has 2 N–H and O–H groups in total. The molecule has 2 aromatic carbocycles. The summed E-state index contributed by atoms with van der Waals surface area (Å²) in [5.41, 5.74) is -1.26. The summed E-state index contributed by atoms with van der Waals surface area (Å²) in [7, 11) is -8.63. The Morgan fingerprint density at radius 2 is 1.24 bits per heavy atom. The van der Waals surface area contributed by atoms with Gasteiger partial charge in [-0.25, -0.2) is 26.3 Å². The third-order valence-corrected chi connectivity index (χ3v) is 6.75. The predicted molar refractivity (Wildman–Crippen MR) is 101 cm³/mol. The van der Waals surface area contributed by atoms with Crippen LogP contribution in [0.1, 0.15) is 6.92 Å². The zero-order valence-corrected chi connectivity index (χ0v) is 16.5. The number of sulfonamides is 2. The average molecular weight is 444 g/mol. The molecule has 0 aliphatic heterocycles. The lowest BCUT2D eigenvalue weighted by Crippen LogP contribution is -2.41. The van der Waals surface area contributed by atoms with Gasteiger partial charge in [0.25, 0.3) is 11.4 Å². The van der Waals surface area contributed by atoms with E-state index in [2.05, 4.69) is 9.44 Å². The van der Waals surface area contributed by atoms with Crippen LogP contribution >= 0.6 is 0 Å². The molecule has 2 rings (SSSR count). The standard InChI is InChI=1S/C15H16N4O8S2/c1-11(17-29(26,27)15-9-5-3-7-13(15)19(22)23)10-16-28(24,25)14-8-4-2-6-12(14)18(20)21/h2-9,11,16-17H,10H2,1H3. The van der Waals surface area contributed by atoms with Gasteiger partial charge in [0.1, 0.15) is 0 Å². The van der Waals surface area contributed by atoms with Crippen LogP contribution in [0.15, 0.2) is 58.3 Å². The molecule has 0 saturated heterocycles. The first-order valence-electron chi connectivity index (χ1n) is 7.94. The van der Waals surface area contributed by atoms with E-state index in [0.29, 0.717) is 0 Å². The molecule has 2 aromatic rings. The number of benzene rings is 2. The quantitative estimate of drug-likeness (QED) is 0.427. The number of nitrogens with zero attached hydrogens (tertiary/aromatic N) is 2. The van der Waals surface area contributed by atoms with Crippen molar-refractivity contribution in [3.63, 3.8) is 0 Å². The van der Waals surface area contributed by atoms with Crippen molar-refractivity contribution >= 4 is 31.4 Å². The predicted octanol–water partition coefficient (Wildman–Crippen LogP) is 1.15. The monoisotopic (exact) mass is 444 g/mol. The largest absolute Gasteiger partial charge is 0.289 e. The summed E-state index contributed by atoms with van der Waals surface area (Å²) in [6, 6.07) is 8.35. The molecule has 0 saturated carbocycles. The summed E-state index contributed by atoms with van der Waals surface area (Å²) >= 11 is 0. The Balaban J connectivity index is 2.17. The molecule has 0 spiro atoms. The SMILES string of the molecule is CC(CNS(=O)(=O)c1ccccc1[N+](=O)[O-])NS(=O)(=O)c1ccccc1[N+](=O)[O-]. The molecule has 156 valence electrons. The van der Waals surface area contributed by atoms with Crippen LogP contribution in [0.4, 0.5) is 11.4 Å². The molecular weight excluding hydrogens is 428 g/mol. The third-order valence-electron chi connectivity index (χ3n) is 3.64. The lowest BCUT2D eigenvalue weighted by molar-refractivity contribution is -0.388. The van der Waals surface area contributed by atoms with E-state index in [1.165, 1.54) is 31.2 Å². The summed E-state index contributed by atoms with van der Waals surface area (Å²) in [5.74, 6) is 0. The maximum Gasteiger partial charge on any atom is 0.289 e. The van der Waals surface area contributed by atoms with Crippen LogP contribution in [0.5, 0.6) is 0 Å². The zero-order valence-electron chi connectivity index (χ0n) is 14.9. The van der Waals surface area contributed by atoms with Crippen molar-refractivity contribution in [2.24, 2.45) is 0 Å². The molecule has 1 unspecified atom stereocenters. The van der Waals surface area contributed by atoms with Crippen molar-refractivity contribution < 1.29 is 26.7 Å². The van der Waals surface area contributed by atoms with Gasteiger partial charge in [-0.2, -0.15) is 0 Å². The molecule has 0 aromatic heterocycles. The molecular formula is C15H16N4O8S2. The van der Waals surface area contributed by atoms with Gasteiger partial charge in [0.05, 0.1) is 9.85 Å². The highest BCUT2D eigenvalue weighted by Crippen LogP contribution is 2.24. The number of hydrogen-bond donors (Lipinski definition) is 2. The Hall–Kier alpha value is -2.94. The Labute approximate surface area is 166 Å². The topological polar surface area (TPSA) is 179 Å². The number of hydrogen-bond acceptors (Lipinski definition) is 8. The highest BCUT2D eigenvalue weighted by molar-refractivity contribution is 7.90. The fraction of sp³-hybridized carbons (Fsp3) is 0.200. The smallest absolute Gasteiger partial charge is 0.258 e. The van der Waals surface area contributed by atoms with E-state index < -0.39 is 63.6 Å². The Bertz CT molecular complexity index is 1150. The maximum absolute atomic E-state index is 12.4. The van der Waals surface area contributed by atoms with Crippen LogP contribution in [0.3, 0.4) is 0 Å². The number of nitro groups is 2. The van der Waals surface area contributed by atoms with Crippen molar-refractivity contribution in [3.8, 4) is 0 Å². The van der Waals surface area contributed by atoms with Gasteiger partial charge in [0, 0.05) is 24.7 Å². The molecule has 0 bridgehead atoms. The normalized spacial score (nSPS) is 13.0. The molecule has 29 heavy (non-hydrogen) atoms. The zero-order chi connectivity index (χ0) is 21.8. The van der Waals surface area contributed by atoms with E-state index in [0.717, 1.165) is 24.3 Å². The average Bonchev–Trinajstić information content (AvgIpc) is 2.66. The summed E-state index contributed by atoms with van der Waals surface area (Å²) in [6.07, 6.45) is 0. The van der Waals surface area contributed by atoms with Crippen LogP contribution in [-0.2, 0) is 20.0 Å². The Kier molecular flexibility index (Phi) is 6.63. The molecule has 14 heteroatoms. The first kappa shape index (κ1) is 22.4. The minimum atomic E-state index is -4.32. The molecule has 1 atom stereocenters. The van der Waals surface area contributed by atoms with Crippen molar-refractivity contribution in [3.05, 3.63) is 68.8 Å². The Morgan fingerprint density at radius 1 is 0.828 bits per heavy atom. The van der Waals surface area contributed by atoms with Crippen LogP contribution in [0.2, 0.25) is 0 Å². The second-order valence-corrected chi connectivity index (χ2v) is 9.24. The Morgan fingerprint density at radius 3 is 1.69 bits per heavy atom. The van der Waals surface area contributed by atoms with Gasteiger partial charge < -0.3 is 0 Å². The van der Waals surface area contributed by atoms with Crippen molar-refractivity contribution in [2.45, 2.75) is 22.8 Å². The minimum absolute atomic E-state index is 0.450. The summed E-state index contributed by atoms with van der Waals surface area (Å²) in [6.45, 7) is 0.877. The molecule has 0 fully saturated rings. The van der Waals surface area contributed by atoms with Gasteiger partial charge in [-0.3, -0.25) is 20.2 Å². The summed E-state index contributed by atoms with van der Waals surface area (Å²) in [5, 5.41) is 22.0. The molecule has 0 heterocycles. The van der Waals surface area contributed by atoms with E-state index in [1.807, 2.05) is 0 Å². The number of rotatable bonds is 9. The van der Waals surface area contributed by atoms with E-state index in [-0.39, 0.29) is 0 Å². The van der Waals surface area contributed by atoms with Gasteiger partial charge in [0.15, 0.2) is 9.79 Å². The molecule has 0 amide bonds. The highest BCUT2D eigenvalue weighted by atomic mass is 32.2. The first-order chi connectivity index (χ1) is 13.5. The van der Waals surface area contributed by atoms with E-state index in [1.54, 1.807) is 0 Å². The van der Waals surface area contributed by atoms with Crippen molar-refractivity contribution in [1.29, 1.82) is 0 Å². The molecule has 0 aliphatic carbocycles. The summed E-state index contributed by atoms with van der Waals surface area (Å²) in [4.78, 5) is 19.2. The van der Waals surface area contributed by atoms with Gasteiger partial charge in [-0.15, -0.1) is 0 Å². The molecule has 0 radical (unpaired) electrons. The van der Waals surface area contributed by atoms with Crippen LogP contribution < -0.4 is 9.44 Å². The second kappa shape index (κ2) is 8.60. The van der Waals surface area contributed by atoms with Gasteiger partial charge in [-0.1, -0.05) is 24.3 Å². The van der Waals surface area contributed by atoms with Gasteiger partial charge in [0.2, 0.25) is 20.0 Å². The fourth-order valence-electron chi connectivity index (χ4n) is 2.35. The first-order valence-corrected chi connectivity index (χ1v) is 10.9. The number of nitro benzene ring substituents is 2. The number of nitrogens with one attached hydrogen (secondary N) is 2. The fourth-order valence-corrected chi connectivity index (χ4v) is 5.07. The van der Waals surface area contributed by atoms with Crippen molar-refractivity contribution in [1.82, 2.24) is 9.44 Å². The van der Waals surface area contributed by atoms with E-state index in [4.69, 9.17) is 0 Å². The van der Waals surface area contributed by atoms with Gasteiger partial charge in [-0.05, 0) is 19.1 Å². The molecule has 12 nitrogen and oxygen atoms in total. The second-order valence-electron chi connectivity index (χ2n) is 5.82. The third kappa shape index (κ3) is 5.32. The van der Waals surface area contributed by atoms with Crippen LogP contribution in [0.25, 0.3) is 0 Å². The van der Waals surface area contributed by atoms with Crippen LogP contribution in [0, 0.1) is 20.2 Å². The minimum Gasteiger partial charge on any atom is -0.258 e. The van der Waals surface area contributed by atoms with Crippen LogP contribution in [-0.4, -0.2) is 39.3 Å². The van der Waals surface area contributed by atoms with E-state index in [9.17, 15) is 37.1 Å². The molecule has 0 aliphatic rings. The van der Waals surface area contributed by atoms with Gasteiger partial charge >= 0.3 is 0 Å². The lowest BCUT2D eigenvalue weighted by atomic mass is 10.3. The number of para-hydroxylation sites is 2. The highest BCUT2D eigenvalue weighted by Gasteiger charge is 2.28. The summed E-state index contributed by atoms with van der Waals surface area (Å²) < 4.78 is 53.8. The maximum atomic E-state index is 12.4. The van der Waals surface area contributed by atoms with E-state index >= 15 is 0 Å². The van der Waals surface area contributed by atoms with Crippen molar-refractivity contribution in [2.75, 3.05) is 6.54 Å².